The quantitative estimate of drug-likeness (QED) is 0.704. The molecule has 5 aliphatic rings. The Morgan fingerprint density at radius 2 is 1.53 bits per heavy atom. The van der Waals surface area contributed by atoms with Gasteiger partial charge in [0.05, 0.1) is 18.0 Å². The Bertz CT molecular complexity index is 919. The predicted octanol–water partition coefficient (Wildman–Crippen LogP) is 2.47. The third-order valence-corrected chi connectivity index (χ3v) is 10.2. The number of hydrogen-bond acceptors (Lipinski definition) is 5. The van der Waals surface area contributed by atoms with Crippen LogP contribution in [0, 0.1) is 17.8 Å². The highest BCUT2D eigenvalue weighted by molar-refractivity contribution is 7.89. The molecule has 1 N–H and O–H groups in total. The first-order valence-electron chi connectivity index (χ1n) is 12.0. The Labute approximate surface area is 191 Å². The minimum atomic E-state index is -3.54. The lowest BCUT2D eigenvalue weighted by Gasteiger charge is -2.57. The van der Waals surface area contributed by atoms with Crippen molar-refractivity contribution >= 4 is 15.9 Å². The van der Waals surface area contributed by atoms with Crippen molar-refractivity contribution in [3.63, 3.8) is 0 Å². The van der Waals surface area contributed by atoms with E-state index in [4.69, 9.17) is 4.74 Å². The molecule has 32 heavy (non-hydrogen) atoms. The molecule has 1 aromatic carbocycles. The second-order valence-electron chi connectivity index (χ2n) is 10.5. The molecule has 8 heteroatoms. The zero-order chi connectivity index (χ0) is 22.5. The molecule has 176 valence electrons. The van der Waals surface area contributed by atoms with E-state index in [9.17, 15) is 13.2 Å². The number of benzene rings is 1. The minimum Gasteiger partial charge on any atom is -0.497 e. The number of nitrogens with zero attached hydrogens (tertiary/aromatic N) is 2. The average Bonchev–Trinajstić information content (AvgIpc) is 2.77. The van der Waals surface area contributed by atoms with Gasteiger partial charge in [-0.1, -0.05) is 0 Å². The molecule has 4 bridgehead atoms. The normalized spacial score (nSPS) is 33.8. The number of nitrogens with one attached hydrogen (secondary N) is 1. The topological polar surface area (TPSA) is 79.0 Å². The Kier molecular flexibility index (Phi) is 5.75. The number of carbonyl (C=O) groups excluding carboxylic acids is 1. The van der Waals surface area contributed by atoms with Gasteiger partial charge in [0.25, 0.3) is 0 Å². The van der Waals surface area contributed by atoms with E-state index in [0.717, 1.165) is 37.0 Å². The van der Waals surface area contributed by atoms with Crippen LogP contribution in [0.1, 0.15) is 45.4 Å². The van der Waals surface area contributed by atoms with Crippen LogP contribution in [0.25, 0.3) is 0 Å². The van der Waals surface area contributed by atoms with Crippen LogP contribution in [0.15, 0.2) is 29.2 Å². The molecule has 1 saturated heterocycles. The lowest BCUT2D eigenvalue weighted by molar-refractivity contribution is -0.132. The van der Waals surface area contributed by atoms with Gasteiger partial charge in [-0.15, -0.1) is 0 Å². The van der Waals surface area contributed by atoms with E-state index in [2.05, 4.69) is 10.2 Å². The summed E-state index contributed by atoms with van der Waals surface area (Å²) in [6, 6.07) is 6.26. The smallest absolute Gasteiger partial charge is 0.243 e. The predicted molar refractivity (Wildman–Crippen MR) is 122 cm³/mol. The number of methoxy groups -OCH3 is 1. The number of carbonyl (C=O) groups is 1. The highest BCUT2D eigenvalue weighted by Crippen LogP contribution is 2.55. The van der Waals surface area contributed by atoms with Crippen molar-refractivity contribution in [3.8, 4) is 5.75 Å². The minimum absolute atomic E-state index is 0.0135. The Hall–Kier alpha value is -1.64. The molecule has 1 atom stereocenters. The summed E-state index contributed by atoms with van der Waals surface area (Å²) in [6.07, 6.45) is 7.50. The van der Waals surface area contributed by atoms with Gasteiger partial charge in [0, 0.05) is 31.7 Å². The maximum atomic E-state index is 13.2. The first kappa shape index (κ1) is 22.2. The Balaban J connectivity index is 1.18. The van der Waals surface area contributed by atoms with Crippen molar-refractivity contribution in [1.82, 2.24) is 14.5 Å². The molecule has 6 rings (SSSR count). The Morgan fingerprint density at radius 1 is 1.00 bits per heavy atom. The van der Waals surface area contributed by atoms with Crippen molar-refractivity contribution in [1.29, 1.82) is 0 Å². The van der Waals surface area contributed by atoms with Crippen LogP contribution >= 0.6 is 0 Å². The van der Waals surface area contributed by atoms with E-state index in [1.54, 1.807) is 31.4 Å². The molecule has 0 unspecified atom stereocenters. The highest BCUT2D eigenvalue weighted by Gasteiger charge is 2.52. The molecular weight excluding hydrogens is 426 g/mol. The van der Waals surface area contributed by atoms with Crippen molar-refractivity contribution < 1.29 is 17.9 Å². The van der Waals surface area contributed by atoms with Gasteiger partial charge in [0.1, 0.15) is 5.75 Å². The maximum Gasteiger partial charge on any atom is 0.243 e. The first-order valence-corrected chi connectivity index (χ1v) is 13.4. The fourth-order valence-electron chi connectivity index (χ4n) is 7.02. The summed E-state index contributed by atoms with van der Waals surface area (Å²) in [4.78, 5) is 15.6. The summed E-state index contributed by atoms with van der Waals surface area (Å²) in [7, 11) is -1.98. The highest BCUT2D eigenvalue weighted by atomic mass is 32.2. The molecule has 5 fully saturated rings. The van der Waals surface area contributed by atoms with Gasteiger partial charge in [0.15, 0.2) is 0 Å². The van der Waals surface area contributed by atoms with E-state index in [0.29, 0.717) is 31.9 Å². The second-order valence-corrected chi connectivity index (χ2v) is 12.4. The zero-order valence-electron chi connectivity index (χ0n) is 19.1. The Morgan fingerprint density at radius 3 is 2.03 bits per heavy atom. The van der Waals surface area contributed by atoms with E-state index >= 15 is 0 Å². The van der Waals surface area contributed by atoms with Crippen LogP contribution in [0.4, 0.5) is 0 Å². The number of rotatable bonds is 6. The van der Waals surface area contributed by atoms with Crippen LogP contribution < -0.4 is 10.1 Å². The number of piperazine rings is 1. The van der Waals surface area contributed by atoms with E-state index in [-0.39, 0.29) is 22.4 Å². The molecule has 1 aromatic rings. The molecule has 1 amide bonds. The fourth-order valence-corrected chi connectivity index (χ4v) is 8.45. The summed E-state index contributed by atoms with van der Waals surface area (Å²) in [5.74, 6) is 3.13. The molecule has 1 aliphatic heterocycles. The molecule has 0 spiro atoms. The lowest BCUT2D eigenvalue weighted by atomic mass is 9.53. The van der Waals surface area contributed by atoms with Gasteiger partial charge in [-0.3, -0.25) is 9.69 Å². The van der Waals surface area contributed by atoms with Gasteiger partial charge < -0.3 is 10.1 Å². The van der Waals surface area contributed by atoms with Crippen LogP contribution in [-0.4, -0.2) is 68.4 Å². The molecular formula is C24H35N3O4S. The van der Waals surface area contributed by atoms with E-state index in [1.807, 2.05) is 6.92 Å². The van der Waals surface area contributed by atoms with Crippen LogP contribution in [0.3, 0.4) is 0 Å². The summed E-state index contributed by atoms with van der Waals surface area (Å²) >= 11 is 0. The van der Waals surface area contributed by atoms with Crippen molar-refractivity contribution in [2.75, 3.05) is 33.3 Å². The second kappa shape index (κ2) is 8.29. The van der Waals surface area contributed by atoms with Crippen molar-refractivity contribution in [2.45, 2.75) is 61.9 Å². The van der Waals surface area contributed by atoms with Crippen LogP contribution in [-0.2, 0) is 14.8 Å². The summed E-state index contributed by atoms with van der Waals surface area (Å²) < 4.78 is 32.6. The molecule has 1 heterocycles. The molecule has 4 saturated carbocycles. The zero-order valence-corrected chi connectivity index (χ0v) is 19.9. The fraction of sp³-hybridized carbons (Fsp3) is 0.708. The third-order valence-electron chi connectivity index (χ3n) is 8.32. The van der Waals surface area contributed by atoms with E-state index < -0.39 is 10.0 Å². The molecule has 7 nitrogen and oxygen atoms in total. The summed E-state index contributed by atoms with van der Waals surface area (Å²) in [5.41, 5.74) is 0.0135. The number of ether oxygens (including phenoxy) is 1. The SMILES string of the molecule is COc1ccc(S(=O)(=O)N2CCN([C@@H](C)C(=O)NC34CC5CC(CC(C5)C3)C4)CC2)cc1. The number of amides is 1. The third kappa shape index (κ3) is 4.05. The summed E-state index contributed by atoms with van der Waals surface area (Å²) in [6.45, 7) is 3.87. The van der Waals surface area contributed by atoms with E-state index in [1.165, 1.54) is 23.6 Å². The molecule has 0 aromatic heterocycles. The van der Waals surface area contributed by atoms with Gasteiger partial charge in [-0.25, -0.2) is 8.42 Å². The van der Waals surface area contributed by atoms with Crippen molar-refractivity contribution in [2.24, 2.45) is 17.8 Å². The van der Waals surface area contributed by atoms with Crippen LogP contribution in [0.2, 0.25) is 0 Å². The lowest BCUT2D eigenvalue weighted by Crippen LogP contribution is -2.63. The standard InChI is InChI=1S/C24H35N3O4S/c1-17(23(28)25-24-14-18-11-19(15-24)13-20(12-18)16-24)26-7-9-27(10-8-26)32(29,30)22-5-3-21(31-2)4-6-22/h3-6,17-20H,7-16H2,1-2H3,(H,25,28)/t17-,18?,19?,20?,24?/m0/s1. The summed E-state index contributed by atoms with van der Waals surface area (Å²) in [5, 5.41) is 3.48. The molecule has 4 aliphatic carbocycles. The van der Waals surface area contributed by atoms with Gasteiger partial charge >= 0.3 is 0 Å². The first-order chi connectivity index (χ1) is 15.3. The molecule has 0 radical (unpaired) electrons. The average molecular weight is 462 g/mol. The monoisotopic (exact) mass is 461 g/mol. The maximum absolute atomic E-state index is 13.2. The number of hydrogen-bond donors (Lipinski definition) is 1. The van der Waals surface area contributed by atoms with Crippen LogP contribution in [0.5, 0.6) is 5.75 Å². The van der Waals surface area contributed by atoms with Gasteiger partial charge in [0.2, 0.25) is 15.9 Å². The number of sulfonamides is 1. The largest absolute Gasteiger partial charge is 0.497 e. The van der Waals surface area contributed by atoms with Gasteiger partial charge in [-0.05, 0) is 87.5 Å². The van der Waals surface area contributed by atoms with Crippen molar-refractivity contribution in [3.05, 3.63) is 24.3 Å². The van der Waals surface area contributed by atoms with Gasteiger partial charge in [-0.2, -0.15) is 4.31 Å².